The first kappa shape index (κ1) is 8.97. The first-order valence-electron chi connectivity index (χ1n) is 4.28. The summed E-state index contributed by atoms with van der Waals surface area (Å²) >= 11 is 1.66. The maximum Gasteiger partial charge on any atom is 0.0859 e. The van der Waals surface area contributed by atoms with E-state index in [9.17, 15) is 0 Å². The van der Waals surface area contributed by atoms with Crippen LogP contribution in [0, 0.1) is 0 Å². The van der Waals surface area contributed by atoms with Gasteiger partial charge in [0.05, 0.1) is 11.4 Å². The summed E-state index contributed by atoms with van der Waals surface area (Å²) in [6.45, 7) is 0. The van der Waals surface area contributed by atoms with Gasteiger partial charge in [-0.2, -0.15) is 0 Å². The first-order valence-corrected chi connectivity index (χ1v) is 5.16. The molecule has 0 saturated carbocycles. The molecule has 0 aliphatic rings. The molecule has 2 rings (SSSR count). The van der Waals surface area contributed by atoms with Gasteiger partial charge in [0.1, 0.15) is 0 Å². The summed E-state index contributed by atoms with van der Waals surface area (Å²) in [5, 5.41) is 2.02. The van der Waals surface area contributed by atoms with Crippen molar-refractivity contribution in [1.29, 1.82) is 0 Å². The third kappa shape index (κ3) is 2.00. The van der Waals surface area contributed by atoms with Crippen molar-refractivity contribution < 1.29 is 0 Å². The maximum absolute atomic E-state index is 5.75. The van der Waals surface area contributed by atoms with E-state index < -0.39 is 0 Å². The molecule has 0 unspecified atom stereocenters. The van der Waals surface area contributed by atoms with Crippen LogP contribution in [0.2, 0.25) is 0 Å². The number of nitrogens with two attached hydrogens (primary N) is 1. The Morgan fingerprint density at radius 2 is 2.00 bits per heavy atom. The Labute approximate surface area is 86.7 Å². The zero-order valence-corrected chi connectivity index (χ0v) is 8.37. The van der Waals surface area contributed by atoms with Crippen LogP contribution in [-0.4, -0.2) is 6.21 Å². The number of anilines is 1. The molecule has 2 aromatic rings. The minimum atomic E-state index is 0.709. The average Bonchev–Trinajstić information content (AvgIpc) is 2.69. The van der Waals surface area contributed by atoms with E-state index in [1.54, 1.807) is 11.3 Å². The van der Waals surface area contributed by atoms with E-state index in [-0.39, 0.29) is 0 Å². The van der Waals surface area contributed by atoms with E-state index in [1.165, 1.54) is 0 Å². The Morgan fingerprint density at radius 3 is 2.71 bits per heavy atom. The van der Waals surface area contributed by atoms with Gasteiger partial charge in [-0.1, -0.05) is 18.2 Å². The van der Waals surface area contributed by atoms with Crippen LogP contribution >= 0.6 is 11.3 Å². The maximum atomic E-state index is 5.75. The van der Waals surface area contributed by atoms with Crippen LogP contribution < -0.4 is 5.73 Å². The normalized spacial score (nSPS) is 10.9. The van der Waals surface area contributed by atoms with Gasteiger partial charge >= 0.3 is 0 Å². The predicted molar refractivity (Wildman–Crippen MR) is 62.4 cm³/mol. The van der Waals surface area contributed by atoms with Gasteiger partial charge in [0.2, 0.25) is 0 Å². The highest BCUT2D eigenvalue weighted by atomic mass is 32.1. The molecule has 1 aromatic heterocycles. The molecule has 14 heavy (non-hydrogen) atoms. The lowest BCUT2D eigenvalue weighted by molar-refractivity contribution is 1.53. The van der Waals surface area contributed by atoms with Gasteiger partial charge in [-0.05, 0) is 23.6 Å². The largest absolute Gasteiger partial charge is 0.397 e. The van der Waals surface area contributed by atoms with Crippen LogP contribution in [0.25, 0.3) is 0 Å². The number of benzene rings is 1. The third-order valence-corrected chi connectivity index (χ3v) is 2.62. The molecule has 2 N–H and O–H groups in total. The third-order valence-electron chi connectivity index (χ3n) is 1.81. The molecule has 0 atom stereocenters. The van der Waals surface area contributed by atoms with Gasteiger partial charge in [-0.15, -0.1) is 11.3 Å². The molecular weight excluding hydrogens is 192 g/mol. The fourth-order valence-corrected chi connectivity index (χ4v) is 1.69. The van der Waals surface area contributed by atoms with Crippen molar-refractivity contribution >= 4 is 28.9 Å². The Kier molecular flexibility index (Phi) is 2.60. The molecule has 0 radical (unpaired) electrons. The van der Waals surface area contributed by atoms with Crippen LogP contribution in [0.5, 0.6) is 0 Å². The standard InChI is InChI=1S/C11H10N2S/c12-10-5-1-2-6-11(10)13-8-9-4-3-7-14-9/h1-8H,12H2. The molecule has 0 amide bonds. The van der Waals surface area contributed by atoms with Crippen LogP contribution in [0.15, 0.2) is 46.8 Å². The second-order valence-corrected chi connectivity index (χ2v) is 3.81. The monoisotopic (exact) mass is 202 g/mol. The van der Waals surface area contributed by atoms with Gasteiger partial charge < -0.3 is 5.73 Å². The zero-order valence-electron chi connectivity index (χ0n) is 7.55. The van der Waals surface area contributed by atoms with Gasteiger partial charge in [0.25, 0.3) is 0 Å². The van der Waals surface area contributed by atoms with Crippen LogP contribution in [0.1, 0.15) is 4.88 Å². The Bertz CT molecular complexity index is 432. The molecule has 70 valence electrons. The van der Waals surface area contributed by atoms with Gasteiger partial charge in [0, 0.05) is 11.1 Å². The number of nitrogens with zero attached hydrogens (tertiary/aromatic N) is 1. The molecule has 0 spiro atoms. The summed E-state index contributed by atoms with van der Waals surface area (Å²) in [5.41, 5.74) is 7.28. The van der Waals surface area contributed by atoms with Crippen molar-refractivity contribution in [3.05, 3.63) is 46.7 Å². The minimum absolute atomic E-state index is 0.709. The number of nitrogen functional groups attached to an aromatic ring is 1. The molecule has 0 fully saturated rings. The van der Waals surface area contributed by atoms with E-state index in [1.807, 2.05) is 48.0 Å². The number of hydrogen-bond acceptors (Lipinski definition) is 3. The van der Waals surface area contributed by atoms with Crippen LogP contribution in [0.4, 0.5) is 11.4 Å². The number of aliphatic imine (C=N–C) groups is 1. The van der Waals surface area contributed by atoms with E-state index in [0.717, 1.165) is 10.6 Å². The Balaban J connectivity index is 2.23. The van der Waals surface area contributed by atoms with Crippen LogP contribution in [-0.2, 0) is 0 Å². The van der Waals surface area contributed by atoms with Gasteiger partial charge in [0.15, 0.2) is 0 Å². The average molecular weight is 202 g/mol. The predicted octanol–water partition coefficient (Wildman–Crippen LogP) is 3.08. The molecule has 0 aliphatic carbocycles. The fourth-order valence-electron chi connectivity index (χ4n) is 1.10. The van der Waals surface area contributed by atoms with Gasteiger partial charge in [-0.3, -0.25) is 4.99 Å². The minimum Gasteiger partial charge on any atom is -0.397 e. The molecular formula is C11H10N2S. The summed E-state index contributed by atoms with van der Waals surface area (Å²) in [6, 6.07) is 11.6. The molecule has 1 heterocycles. The zero-order chi connectivity index (χ0) is 9.80. The highest BCUT2D eigenvalue weighted by Gasteiger charge is 1.93. The van der Waals surface area contributed by atoms with E-state index in [4.69, 9.17) is 5.73 Å². The van der Waals surface area contributed by atoms with E-state index in [2.05, 4.69) is 4.99 Å². The topological polar surface area (TPSA) is 38.4 Å². The number of rotatable bonds is 2. The summed E-state index contributed by atoms with van der Waals surface area (Å²) in [4.78, 5) is 5.44. The molecule has 2 nitrogen and oxygen atoms in total. The lowest BCUT2D eigenvalue weighted by Crippen LogP contribution is -1.84. The smallest absolute Gasteiger partial charge is 0.0859 e. The number of hydrogen-bond donors (Lipinski definition) is 1. The SMILES string of the molecule is Nc1ccccc1N=Cc1cccs1. The Morgan fingerprint density at radius 1 is 1.14 bits per heavy atom. The van der Waals surface area contributed by atoms with Crippen molar-refractivity contribution in [3.63, 3.8) is 0 Å². The number of para-hydroxylation sites is 2. The molecule has 3 heteroatoms. The quantitative estimate of drug-likeness (QED) is 0.590. The van der Waals surface area contributed by atoms with E-state index in [0.29, 0.717) is 5.69 Å². The van der Waals surface area contributed by atoms with Gasteiger partial charge in [-0.25, -0.2) is 0 Å². The molecule has 1 aromatic carbocycles. The molecule has 0 aliphatic heterocycles. The second kappa shape index (κ2) is 4.07. The summed E-state index contributed by atoms with van der Waals surface area (Å²) in [7, 11) is 0. The van der Waals surface area contributed by atoms with Crippen molar-refractivity contribution in [2.75, 3.05) is 5.73 Å². The van der Waals surface area contributed by atoms with Crippen molar-refractivity contribution in [2.24, 2.45) is 4.99 Å². The first-order chi connectivity index (χ1) is 6.86. The van der Waals surface area contributed by atoms with Crippen LogP contribution in [0.3, 0.4) is 0 Å². The lowest BCUT2D eigenvalue weighted by atomic mass is 10.3. The second-order valence-electron chi connectivity index (χ2n) is 2.83. The lowest BCUT2D eigenvalue weighted by Gasteiger charge is -1.96. The van der Waals surface area contributed by atoms with E-state index >= 15 is 0 Å². The summed E-state index contributed by atoms with van der Waals surface area (Å²) in [6.07, 6.45) is 1.83. The molecule has 0 saturated heterocycles. The number of thiophene rings is 1. The summed E-state index contributed by atoms with van der Waals surface area (Å²) < 4.78 is 0. The van der Waals surface area contributed by atoms with Crippen molar-refractivity contribution in [2.45, 2.75) is 0 Å². The molecule has 0 bridgehead atoms. The van der Waals surface area contributed by atoms with Crippen molar-refractivity contribution in [1.82, 2.24) is 0 Å². The highest BCUT2D eigenvalue weighted by Crippen LogP contribution is 2.20. The highest BCUT2D eigenvalue weighted by molar-refractivity contribution is 7.11. The summed E-state index contributed by atoms with van der Waals surface area (Å²) in [5.74, 6) is 0. The Hall–Kier alpha value is -1.61. The van der Waals surface area contributed by atoms with Crippen molar-refractivity contribution in [3.8, 4) is 0 Å². The fraction of sp³-hybridized carbons (Fsp3) is 0.